The molecule has 0 fully saturated rings. The van der Waals surface area contributed by atoms with Crippen molar-refractivity contribution in [1.82, 2.24) is 0 Å². The van der Waals surface area contributed by atoms with E-state index < -0.39 is 0 Å². The Morgan fingerprint density at radius 2 is 2.00 bits per heavy atom. The van der Waals surface area contributed by atoms with Crippen molar-refractivity contribution in [2.24, 2.45) is 11.1 Å². The molecule has 2 nitrogen and oxygen atoms in total. The number of anilines is 1. The van der Waals surface area contributed by atoms with Gasteiger partial charge in [-0.3, -0.25) is 0 Å². The molecule has 2 rings (SSSR count). The predicted molar refractivity (Wildman–Crippen MR) is 83.4 cm³/mol. The van der Waals surface area contributed by atoms with E-state index in [9.17, 15) is 0 Å². The van der Waals surface area contributed by atoms with E-state index in [2.05, 4.69) is 56.9 Å². The standard InChI is InChI=1S/C17H26N2/c1-13-5-6-16(14(11-13)12-18)19-9-7-15(8-10-19)17(2,3)4/h5-7,11H,8-10,12,18H2,1-4H3. The number of nitrogens with two attached hydrogens (primary N) is 1. The van der Waals surface area contributed by atoms with Gasteiger partial charge in [0, 0.05) is 25.3 Å². The fourth-order valence-electron chi connectivity index (χ4n) is 2.76. The van der Waals surface area contributed by atoms with Crippen LogP contribution in [0.15, 0.2) is 29.8 Å². The number of benzene rings is 1. The first-order chi connectivity index (χ1) is 8.91. The largest absolute Gasteiger partial charge is 0.367 e. The highest BCUT2D eigenvalue weighted by Gasteiger charge is 2.22. The Bertz CT molecular complexity index is 481. The number of aryl methyl sites for hydroxylation is 1. The van der Waals surface area contributed by atoms with Crippen LogP contribution in [0.2, 0.25) is 0 Å². The van der Waals surface area contributed by atoms with Gasteiger partial charge in [0.05, 0.1) is 0 Å². The molecule has 104 valence electrons. The SMILES string of the molecule is Cc1ccc(N2CC=C(C(C)(C)C)CC2)c(CN)c1. The molecule has 1 aromatic rings. The van der Waals surface area contributed by atoms with Crippen molar-refractivity contribution < 1.29 is 0 Å². The quantitative estimate of drug-likeness (QED) is 0.821. The summed E-state index contributed by atoms with van der Waals surface area (Å²) in [7, 11) is 0. The summed E-state index contributed by atoms with van der Waals surface area (Å²) in [6.07, 6.45) is 3.55. The van der Waals surface area contributed by atoms with E-state index >= 15 is 0 Å². The molecule has 0 atom stereocenters. The Hall–Kier alpha value is -1.28. The molecule has 0 saturated heterocycles. The van der Waals surface area contributed by atoms with Gasteiger partial charge in [-0.2, -0.15) is 0 Å². The van der Waals surface area contributed by atoms with E-state index in [0.717, 1.165) is 19.5 Å². The van der Waals surface area contributed by atoms with Crippen molar-refractivity contribution in [1.29, 1.82) is 0 Å². The maximum atomic E-state index is 5.88. The molecule has 0 amide bonds. The molecule has 0 spiro atoms. The third kappa shape index (κ3) is 3.19. The predicted octanol–water partition coefficient (Wildman–Crippen LogP) is 3.64. The van der Waals surface area contributed by atoms with Crippen LogP contribution in [0.25, 0.3) is 0 Å². The lowest BCUT2D eigenvalue weighted by molar-refractivity contribution is 0.472. The Labute approximate surface area is 117 Å². The fraction of sp³-hybridized carbons (Fsp3) is 0.529. The van der Waals surface area contributed by atoms with E-state index in [1.165, 1.54) is 16.8 Å². The van der Waals surface area contributed by atoms with E-state index in [1.54, 1.807) is 5.57 Å². The first kappa shape index (κ1) is 14.1. The van der Waals surface area contributed by atoms with Crippen LogP contribution in [-0.4, -0.2) is 13.1 Å². The van der Waals surface area contributed by atoms with Crippen molar-refractivity contribution >= 4 is 5.69 Å². The molecule has 2 N–H and O–H groups in total. The second-order valence-corrected chi connectivity index (χ2v) is 6.51. The summed E-state index contributed by atoms with van der Waals surface area (Å²) in [6.45, 7) is 11.7. The molecule has 1 aliphatic heterocycles. The van der Waals surface area contributed by atoms with Gasteiger partial charge in [0.25, 0.3) is 0 Å². The van der Waals surface area contributed by atoms with Crippen LogP contribution in [0.1, 0.15) is 38.3 Å². The third-order valence-corrected chi connectivity index (χ3v) is 3.97. The molecule has 0 aliphatic carbocycles. The lowest BCUT2D eigenvalue weighted by Gasteiger charge is -2.34. The summed E-state index contributed by atoms with van der Waals surface area (Å²) in [4.78, 5) is 2.44. The molecule has 0 saturated carbocycles. The highest BCUT2D eigenvalue weighted by molar-refractivity contribution is 5.56. The van der Waals surface area contributed by atoms with Crippen molar-refractivity contribution in [2.75, 3.05) is 18.0 Å². The van der Waals surface area contributed by atoms with E-state index in [0.29, 0.717) is 12.0 Å². The molecular formula is C17H26N2. The average Bonchev–Trinajstić information content (AvgIpc) is 2.37. The zero-order valence-corrected chi connectivity index (χ0v) is 12.7. The summed E-state index contributed by atoms with van der Waals surface area (Å²) in [6, 6.07) is 6.60. The first-order valence-electron chi connectivity index (χ1n) is 7.16. The Balaban J connectivity index is 2.20. The van der Waals surface area contributed by atoms with Gasteiger partial charge in [-0.15, -0.1) is 0 Å². The summed E-state index contributed by atoms with van der Waals surface area (Å²) in [5.74, 6) is 0. The minimum Gasteiger partial charge on any atom is -0.367 e. The van der Waals surface area contributed by atoms with Crippen LogP contribution < -0.4 is 10.6 Å². The minimum atomic E-state index is 0.302. The van der Waals surface area contributed by atoms with Gasteiger partial charge in [0.15, 0.2) is 0 Å². The van der Waals surface area contributed by atoms with Gasteiger partial charge in [-0.05, 0) is 30.4 Å². The van der Waals surface area contributed by atoms with Gasteiger partial charge in [-0.25, -0.2) is 0 Å². The van der Waals surface area contributed by atoms with Crippen LogP contribution in [0, 0.1) is 12.3 Å². The first-order valence-corrected chi connectivity index (χ1v) is 7.16. The van der Waals surface area contributed by atoms with Gasteiger partial charge >= 0.3 is 0 Å². The molecule has 1 aliphatic rings. The monoisotopic (exact) mass is 258 g/mol. The molecule has 1 aromatic carbocycles. The van der Waals surface area contributed by atoms with Crippen LogP contribution in [0.4, 0.5) is 5.69 Å². The van der Waals surface area contributed by atoms with Gasteiger partial charge < -0.3 is 10.6 Å². The van der Waals surface area contributed by atoms with Crippen LogP contribution in [-0.2, 0) is 6.54 Å². The zero-order chi connectivity index (χ0) is 14.0. The summed E-state index contributed by atoms with van der Waals surface area (Å²) in [5.41, 5.74) is 11.6. The summed E-state index contributed by atoms with van der Waals surface area (Å²) >= 11 is 0. The zero-order valence-electron chi connectivity index (χ0n) is 12.7. The van der Waals surface area contributed by atoms with Crippen LogP contribution in [0.5, 0.6) is 0 Å². The summed E-state index contributed by atoms with van der Waals surface area (Å²) in [5, 5.41) is 0. The number of hydrogen-bond acceptors (Lipinski definition) is 2. The van der Waals surface area contributed by atoms with Gasteiger partial charge in [0.2, 0.25) is 0 Å². The lowest BCUT2D eigenvalue weighted by atomic mass is 9.83. The summed E-state index contributed by atoms with van der Waals surface area (Å²) < 4.78 is 0. The highest BCUT2D eigenvalue weighted by atomic mass is 15.1. The van der Waals surface area contributed by atoms with Crippen molar-refractivity contribution in [3.8, 4) is 0 Å². The smallest absolute Gasteiger partial charge is 0.0414 e. The van der Waals surface area contributed by atoms with Crippen molar-refractivity contribution in [3.05, 3.63) is 41.0 Å². The van der Waals surface area contributed by atoms with Gasteiger partial charge in [-0.1, -0.05) is 50.1 Å². The third-order valence-electron chi connectivity index (χ3n) is 3.97. The van der Waals surface area contributed by atoms with Gasteiger partial charge in [0.1, 0.15) is 0 Å². The van der Waals surface area contributed by atoms with Crippen LogP contribution >= 0.6 is 0 Å². The van der Waals surface area contributed by atoms with Crippen molar-refractivity contribution in [2.45, 2.75) is 40.7 Å². The maximum Gasteiger partial charge on any atom is 0.0414 e. The molecule has 2 heteroatoms. The molecule has 0 radical (unpaired) electrons. The van der Waals surface area contributed by atoms with E-state index in [1.807, 2.05) is 0 Å². The highest BCUT2D eigenvalue weighted by Crippen LogP contribution is 2.32. The molecule has 19 heavy (non-hydrogen) atoms. The Kier molecular flexibility index (Phi) is 4.00. The fourth-order valence-corrected chi connectivity index (χ4v) is 2.76. The maximum absolute atomic E-state index is 5.88. The second-order valence-electron chi connectivity index (χ2n) is 6.51. The number of rotatable bonds is 2. The lowest BCUT2D eigenvalue weighted by Crippen LogP contribution is -2.32. The van der Waals surface area contributed by atoms with Crippen molar-refractivity contribution in [3.63, 3.8) is 0 Å². The molecule has 0 bridgehead atoms. The topological polar surface area (TPSA) is 29.3 Å². The molecule has 0 aromatic heterocycles. The number of hydrogen-bond donors (Lipinski definition) is 1. The molecule has 0 unspecified atom stereocenters. The minimum absolute atomic E-state index is 0.302. The Morgan fingerprint density at radius 3 is 2.53 bits per heavy atom. The van der Waals surface area contributed by atoms with E-state index in [4.69, 9.17) is 5.73 Å². The van der Waals surface area contributed by atoms with Crippen LogP contribution in [0.3, 0.4) is 0 Å². The molecular weight excluding hydrogens is 232 g/mol. The van der Waals surface area contributed by atoms with E-state index in [-0.39, 0.29) is 0 Å². The number of nitrogens with zero attached hydrogens (tertiary/aromatic N) is 1. The normalized spacial score (nSPS) is 16.5. The molecule has 1 heterocycles. The average molecular weight is 258 g/mol. The Morgan fingerprint density at radius 1 is 1.26 bits per heavy atom. The second kappa shape index (κ2) is 5.38.